The molecule has 4 rings (SSSR count). The summed E-state index contributed by atoms with van der Waals surface area (Å²) >= 11 is 0. The standard InChI is InChI=1S/C19H21N3O4S/c20-19(23)18-10-16(26-15-5-2-8-21-11-15)12-22(18)27(24,25)17-7-6-13-3-1-4-14(13)9-17/h2,5-9,11,16,18H,1,3-4,10,12H2,(H2,20,23)/t16-,18-/m0/s1. The molecular weight excluding hydrogens is 366 g/mol. The normalized spacial score (nSPS) is 22.5. The van der Waals surface area contributed by atoms with Gasteiger partial charge in [0.1, 0.15) is 17.9 Å². The number of nitrogens with two attached hydrogens (primary N) is 1. The average molecular weight is 387 g/mol. The summed E-state index contributed by atoms with van der Waals surface area (Å²) < 4.78 is 33.4. The zero-order valence-corrected chi connectivity index (χ0v) is 15.6. The molecular formula is C19H21N3O4S. The smallest absolute Gasteiger partial charge is 0.243 e. The van der Waals surface area contributed by atoms with Crippen LogP contribution in [0.1, 0.15) is 24.0 Å². The van der Waals surface area contributed by atoms with Crippen LogP contribution < -0.4 is 10.5 Å². The number of ether oxygens (including phenoxy) is 1. The maximum absolute atomic E-state index is 13.2. The second kappa shape index (κ2) is 6.94. The Morgan fingerprint density at radius 3 is 2.78 bits per heavy atom. The summed E-state index contributed by atoms with van der Waals surface area (Å²) in [6.45, 7) is 0.0713. The summed E-state index contributed by atoms with van der Waals surface area (Å²) in [5.74, 6) is -0.139. The average Bonchev–Trinajstić information content (AvgIpc) is 3.29. The van der Waals surface area contributed by atoms with Crippen molar-refractivity contribution in [1.29, 1.82) is 0 Å². The molecule has 2 heterocycles. The predicted molar refractivity (Wildman–Crippen MR) is 98.6 cm³/mol. The van der Waals surface area contributed by atoms with Crippen molar-refractivity contribution in [3.8, 4) is 5.75 Å². The molecule has 1 fully saturated rings. The van der Waals surface area contributed by atoms with Gasteiger partial charge in [-0.05, 0) is 54.7 Å². The first-order chi connectivity index (χ1) is 12.9. The Morgan fingerprint density at radius 2 is 2.04 bits per heavy atom. The molecule has 142 valence electrons. The number of aromatic nitrogens is 1. The molecule has 2 aromatic rings. The van der Waals surface area contributed by atoms with Crippen LogP contribution in [0, 0.1) is 0 Å². The molecule has 1 aliphatic carbocycles. The predicted octanol–water partition coefficient (Wildman–Crippen LogP) is 1.27. The Morgan fingerprint density at radius 1 is 1.22 bits per heavy atom. The molecule has 2 atom stereocenters. The number of rotatable bonds is 5. The molecule has 0 spiro atoms. The van der Waals surface area contributed by atoms with E-state index in [0.29, 0.717) is 5.75 Å². The lowest BCUT2D eigenvalue weighted by Crippen LogP contribution is -2.43. The summed E-state index contributed by atoms with van der Waals surface area (Å²) in [5.41, 5.74) is 7.75. The van der Waals surface area contributed by atoms with Crippen molar-refractivity contribution < 1.29 is 17.9 Å². The fraction of sp³-hybridized carbons (Fsp3) is 0.368. The number of carbonyl (C=O) groups is 1. The molecule has 1 aromatic carbocycles. The lowest BCUT2D eigenvalue weighted by Gasteiger charge is -2.21. The fourth-order valence-corrected chi connectivity index (χ4v) is 5.52. The molecule has 7 nitrogen and oxygen atoms in total. The molecule has 1 aromatic heterocycles. The van der Waals surface area contributed by atoms with Crippen LogP contribution in [-0.4, -0.2) is 42.3 Å². The minimum atomic E-state index is -3.84. The SMILES string of the molecule is NC(=O)[C@@H]1C[C@H](Oc2cccnc2)CN1S(=O)(=O)c1ccc2c(c1)CCC2. The number of benzene rings is 1. The van der Waals surface area contributed by atoms with E-state index in [1.165, 1.54) is 9.87 Å². The Hall–Kier alpha value is -2.45. The number of carbonyl (C=O) groups excluding carboxylic acids is 1. The topological polar surface area (TPSA) is 103 Å². The lowest BCUT2D eigenvalue weighted by molar-refractivity contribution is -0.121. The van der Waals surface area contributed by atoms with Gasteiger partial charge in [0.15, 0.2) is 0 Å². The molecule has 8 heteroatoms. The number of hydrogen-bond acceptors (Lipinski definition) is 5. The molecule has 27 heavy (non-hydrogen) atoms. The van der Waals surface area contributed by atoms with Crippen LogP contribution in [0.15, 0.2) is 47.6 Å². The third-order valence-corrected chi connectivity index (χ3v) is 7.03. The number of aryl methyl sites for hydroxylation is 2. The summed E-state index contributed by atoms with van der Waals surface area (Å²) in [6, 6.07) is 7.76. The van der Waals surface area contributed by atoms with E-state index in [2.05, 4.69) is 4.98 Å². The van der Waals surface area contributed by atoms with Crippen LogP contribution in [0.3, 0.4) is 0 Å². The number of primary amides is 1. The molecule has 1 aliphatic heterocycles. The maximum Gasteiger partial charge on any atom is 0.243 e. The summed E-state index contributed by atoms with van der Waals surface area (Å²) in [5, 5.41) is 0. The fourth-order valence-electron chi connectivity index (χ4n) is 3.83. The van der Waals surface area contributed by atoms with Gasteiger partial charge >= 0.3 is 0 Å². The van der Waals surface area contributed by atoms with Crippen molar-refractivity contribution in [1.82, 2.24) is 9.29 Å². The second-order valence-electron chi connectivity index (χ2n) is 6.94. The quantitative estimate of drug-likeness (QED) is 0.832. The molecule has 2 N–H and O–H groups in total. The van der Waals surface area contributed by atoms with E-state index in [4.69, 9.17) is 10.5 Å². The number of pyridine rings is 1. The van der Waals surface area contributed by atoms with Gasteiger partial charge in [-0.2, -0.15) is 4.31 Å². The molecule has 0 unspecified atom stereocenters. The highest BCUT2D eigenvalue weighted by atomic mass is 32.2. The molecule has 0 bridgehead atoms. The number of fused-ring (bicyclic) bond motifs is 1. The van der Waals surface area contributed by atoms with E-state index in [-0.39, 0.29) is 17.9 Å². The Balaban J connectivity index is 1.61. The molecule has 1 saturated heterocycles. The second-order valence-corrected chi connectivity index (χ2v) is 8.83. The van der Waals surface area contributed by atoms with Crippen LogP contribution in [-0.2, 0) is 27.7 Å². The van der Waals surface area contributed by atoms with Gasteiger partial charge in [-0.15, -0.1) is 0 Å². The van der Waals surface area contributed by atoms with Crippen molar-refractivity contribution in [3.05, 3.63) is 53.9 Å². The first-order valence-electron chi connectivity index (χ1n) is 8.95. The zero-order valence-electron chi connectivity index (χ0n) is 14.7. The van der Waals surface area contributed by atoms with Crippen LogP contribution in [0.4, 0.5) is 0 Å². The Bertz CT molecular complexity index is 962. The highest BCUT2D eigenvalue weighted by Gasteiger charge is 2.44. The van der Waals surface area contributed by atoms with Crippen molar-refractivity contribution in [2.45, 2.75) is 42.7 Å². The summed E-state index contributed by atoms with van der Waals surface area (Å²) in [7, 11) is -3.84. The van der Waals surface area contributed by atoms with Crippen LogP contribution in [0.5, 0.6) is 5.75 Å². The summed E-state index contributed by atoms with van der Waals surface area (Å²) in [6.07, 6.45) is 5.82. The first-order valence-corrected chi connectivity index (χ1v) is 10.4. The first kappa shape index (κ1) is 17.9. The van der Waals surface area contributed by atoms with E-state index in [9.17, 15) is 13.2 Å². The Labute approximate surface area is 158 Å². The third kappa shape index (κ3) is 3.42. The van der Waals surface area contributed by atoms with E-state index in [1.54, 1.807) is 36.7 Å². The molecule has 0 saturated carbocycles. The van der Waals surface area contributed by atoms with Crippen molar-refractivity contribution in [2.75, 3.05) is 6.54 Å². The van der Waals surface area contributed by atoms with Crippen molar-refractivity contribution in [3.63, 3.8) is 0 Å². The zero-order chi connectivity index (χ0) is 19.0. The highest BCUT2D eigenvalue weighted by Crippen LogP contribution is 2.31. The van der Waals surface area contributed by atoms with Gasteiger partial charge in [0, 0.05) is 12.6 Å². The van der Waals surface area contributed by atoms with Gasteiger partial charge in [0.25, 0.3) is 0 Å². The summed E-state index contributed by atoms with van der Waals surface area (Å²) in [4.78, 5) is 16.1. The van der Waals surface area contributed by atoms with Gasteiger partial charge in [-0.3, -0.25) is 9.78 Å². The van der Waals surface area contributed by atoms with E-state index < -0.39 is 28.1 Å². The number of amides is 1. The van der Waals surface area contributed by atoms with E-state index >= 15 is 0 Å². The van der Waals surface area contributed by atoms with Gasteiger partial charge in [0.05, 0.1) is 17.6 Å². The van der Waals surface area contributed by atoms with Gasteiger partial charge in [-0.25, -0.2) is 8.42 Å². The monoisotopic (exact) mass is 387 g/mol. The number of nitrogens with zero attached hydrogens (tertiary/aromatic N) is 2. The van der Waals surface area contributed by atoms with Crippen molar-refractivity contribution >= 4 is 15.9 Å². The minimum absolute atomic E-state index is 0.0713. The van der Waals surface area contributed by atoms with E-state index in [1.807, 2.05) is 6.07 Å². The molecule has 0 radical (unpaired) electrons. The highest BCUT2D eigenvalue weighted by molar-refractivity contribution is 7.89. The van der Waals surface area contributed by atoms with E-state index in [0.717, 1.165) is 24.8 Å². The van der Waals surface area contributed by atoms with Crippen LogP contribution in [0.25, 0.3) is 0 Å². The lowest BCUT2D eigenvalue weighted by atomic mass is 10.1. The van der Waals surface area contributed by atoms with Crippen LogP contribution >= 0.6 is 0 Å². The Kier molecular flexibility index (Phi) is 4.61. The molecule has 1 amide bonds. The maximum atomic E-state index is 13.2. The minimum Gasteiger partial charge on any atom is -0.487 e. The largest absolute Gasteiger partial charge is 0.487 e. The van der Waals surface area contributed by atoms with Gasteiger partial charge in [0.2, 0.25) is 15.9 Å². The van der Waals surface area contributed by atoms with Gasteiger partial charge < -0.3 is 10.5 Å². The molecule has 2 aliphatic rings. The number of hydrogen-bond donors (Lipinski definition) is 1. The van der Waals surface area contributed by atoms with Crippen molar-refractivity contribution in [2.24, 2.45) is 5.73 Å². The third-order valence-electron chi connectivity index (χ3n) is 5.16. The van der Waals surface area contributed by atoms with Crippen LogP contribution in [0.2, 0.25) is 0 Å². The number of sulfonamides is 1. The van der Waals surface area contributed by atoms with Gasteiger partial charge in [-0.1, -0.05) is 6.07 Å².